The monoisotopic (exact) mass is 593 g/mol. The summed E-state index contributed by atoms with van der Waals surface area (Å²) >= 11 is 5.97. The molecule has 10 nitrogen and oxygen atoms in total. The Labute approximate surface area is 237 Å². The molecular formula is C27H33ClFN5O5S. The van der Waals surface area contributed by atoms with Crippen molar-refractivity contribution in [2.24, 2.45) is 0 Å². The third-order valence-corrected chi connectivity index (χ3v) is 11.2. The summed E-state index contributed by atoms with van der Waals surface area (Å²) in [6.45, 7) is 5.34. The molecule has 0 saturated heterocycles. The molecule has 0 atom stereocenters. The van der Waals surface area contributed by atoms with Crippen LogP contribution in [-0.2, 0) is 21.6 Å². The van der Waals surface area contributed by atoms with E-state index in [2.05, 4.69) is 34.5 Å². The van der Waals surface area contributed by atoms with Crippen molar-refractivity contribution in [1.82, 2.24) is 14.7 Å². The molecule has 0 spiro atoms. The molecule has 216 valence electrons. The molecule has 1 aromatic carbocycles. The Balaban J connectivity index is 1.50. The predicted octanol–water partition coefficient (Wildman–Crippen LogP) is 6.26. The van der Waals surface area contributed by atoms with Crippen molar-refractivity contribution in [3.63, 3.8) is 0 Å². The first-order valence-corrected chi connectivity index (χ1v) is 16.2. The van der Waals surface area contributed by atoms with Gasteiger partial charge in [0.15, 0.2) is 16.6 Å². The number of anilines is 2. The Hall–Kier alpha value is -3.25. The van der Waals surface area contributed by atoms with Crippen LogP contribution in [0.1, 0.15) is 51.3 Å². The van der Waals surface area contributed by atoms with Crippen LogP contribution in [0.15, 0.2) is 22.6 Å². The number of nitrogens with zero attached hydrogens (tertiary/aromatic N) is 3. The Bertz CT molecular complexity index is 1540. The maximum Gasteiger partial charge on any atom is 0.436 e. The van der Waals surface area contributed by atoms with Crippen molar-refractivity contribution in [2.75, 3.05) is 36.0 Å². The van der Waals surface area contributed by atoms with Crippen molar-refractivity contribution in [2.45, 2.75) is 56.9 Å². The molecular weight excluding hydrogens is 561 g/mol. The zero-order valence-electron chi connectivity index (χ0n) is 23.3. The van der Waals surface area contributed by atoms with Crippen molar-refractivity contribution in [3.8, 4) is 0 Å². The summed E-state index contributed by atoms with van der Waals surface area (Å²) in [6.07, 6.45) is 8.09. The molecule has 1 saturated carbocycles. The van der Waals surface area contributed by atoms with E-state index in [1.54, 1.807) is 20.8 Å². The van der Waals surface area contributed by atoms with Gasteiger partial charge in [0.1, 0.15) is 11.5 Å². The van der Waals surface area contributed by atoms with Crippen LogP contribution in [0.3, 0.4) is 0 Å². The van der Waals surface area contributed by atoms with Gasteiger partial charge in [-0.2, -0.15) is 5.10 Å². The van der Waals surface area contributed by atoms with Crippen LogP contribution >= 0.6 is 21.6 Å². The highest BCUT2D eigenvalue weighted by atomic mass is 35.5. The summed E-state index contributed by atoms with van der Waals surface area (Å²) in [6, 6.07) is 3.64. The number of amides is 3. The molecule has 2 aromatic heterocycles. The topological polar surface area (TPSA) is 119 Å². The van der Waals surface area contributed by atoms with Crippen LogP contribution in [0.4, 0.5) is 25.5 Å². The summed E-state index contributed by atoms with van der Waals surface area (Å²) in [5.74, 6) is -0.668. The predicted molar refractivity (Wildman–Crippen MR) is 154 cm³/mol. The van der Waals surface area contributed by atoms with Crippen LogP contribution < -0.4 is 10.6 Å². The Morgan fingerprint density at radius 3 is 2.50 bits per heavy atom. The summed E-state index contributed by atoms with van der Waals surface area (Å²) < 4.78 is 26.0. The van der Waals surface area contributed by atoms with E-state index in [-0.39, 0.29) is 41.4 Å². The van der Waals surface area contributed by atoms with Gasteiger partial charge < -0.3 is 24.7 Å². The number of urea groups is 1. The molecule has 3 amide bonds. The van der Waals surface area contributed by atoms with E-state index >= 15 is 0 Å². The average Bonchev–Trinajstić information content (AvgIpc) is 3.45. The minimum Gasteiger partial charge on any atom is -0.448 e. The summed E-state index contributed by atoms with van der Waals surface area (Å²) in [7, 11) is -1.28. The standard InChI is InChI=1S/C27H33ClFN5O5S/c1-7-38-25(37)34-22(31-23(35)27(11-8-12-27)40(4,5)6)16-14-33(26(2,3)21(16)32-34)24(36)30-19-17(29)10-9-15-13-18(28)39-20(15)19/h9-10,13H,7-8,11-12,14H2,1-6H3,(H,30,36)(H,31,35). The van der Waals surface area contributed by atoms with Crippen molar-refractivity contribution < 1.29 is 27.9 Å². The van der Waals surface area contributed by atoms with Crippen molar-refractivity contribution in [1.29, 1.82) is 0 Å². The van der Waals surface area contributed by atoms with E-state index in [1.165, 1.54) is 23.1 Å². The second kappa shape index (κ2) is 9.69. The molecule has 13 heteroatoms. The molecule has 3 aromatic rings. The molecule has 2 aliphatic rings. The van der Waals surface area contributed by atoms with Crippen LogP contribution in [0.25, 0.3) is 11.0 Å². The largest absolute Gasteiger partial charge is 0.448 e. The van der Waals surface area contributed by atoms with Gasteiger partial charge in [0.25, 0.3) is 0 Å². The van der Waals surface area contributed by atoms with E-state index in [9.17, 15) is 18.8 Å². The van der Waals surface area contributed by atoms with E-state index in [1.807, 2.05) is 0 Å². The van der Waals surface area contributed by atoms with E-state index < -0.39 is 38.3 Å². The Kier molecular flexibility index (Phi) is 6.85. The van der Waals surface area contributed by atoms with Crippen LogP contribution in [-0.4, -0.2) is 62.8 Å². The first-order valence-electron chi connectivity index (χ1n) is 13.0. The van der Waals surface area contributed by atoms with Gasteiger partial charge >= 0.3 is 12.1 Å². The lowest BCUT2D eigenvalue weighted by atomic mass is 9.83. The third-order valence-electron chi connectivity index (χ3n) is 8.06. The van der Waals surface area contributed by atoms with Gasteiger partial charge in [-0.05, 0) is 82.5 Å². The van der Waals surface area contributed by atoms with E-state index in [0.717, 1.165) is 23.9 Å². The number of carbonyl (C=O) groups excluding carboxylic acids is 3. The van der Waals surface area contributed by atoms with Crippen molar-refractivity contribution in [3.05, 3.63) is 40.5 Å². The highest BCUT2D eigenvalue weighted by Gasteiger charge is 2.52. The van der Waals surface area contributed by atoms with Crippen LogP contribution in [0.5, 0.6) is 0 Å². The fourth-order valence-corrected chi connectivity index (χ4v) is 7.84. The number of benzene rings is 1. The zero-order chi connectivity index (χ0) is 29.2. The van der Waals surface area contributed by atoms with Gasteiger partial charge in [0.05, 0.1) is 29.1 Å². The van der Waals surface area contributed by atoms with E-state index in [4.69, 9.17) is 20.8 Å². The number of nitrogens with one attached hydrogen (secondary N) is 2. The fraction of sp³-hybridized carbons (Fsp3) is 0.481. The van der Waals surface area contributed by atoms with Gasteiger partial charge in [-0.25, -0.2) is 24.0 Å². The minimum atomic E-state index is -1.28. The summed E-state index contributed by atoms with van der Waals surface area (Å²) in [4.78, 5) is 41.7. The lowest BCUT2D eigenvalue weighted by Gasteiger charge is -2.53. The SMILES string of the molecule is CCOC(=O)n1nc2c(c1NC(=O)C1(S(C)(C)C)CCC1)CN(C(=O)Nc1c(F)ccc3cc(Cl)oc13)C2(C)C. The molecule has 3 heterocycles. The second-order valence-electron chi connectivity index (χ2n) is 11.4. The zero-order valence-corrected chi connectivity index (χ0v) is 24.9. The highest BCUT2D eigenvalue weighted by molar-refractivity contribution is 8.33. The van der Waals surface area contributed by atoms with Crippen LogP contribution in [0.2, 0.25) is 5.22 Å². The smallest absolute Gasteiger partial charge is 0.436 e. The number of fused-ring (bicyclic) bond motifs is 2. The highest BCUT2D eigenvalue weighted by Crippen LogP contribution is 2.61. The third kappa shape index (κ3) is 4.32. The summed E-state index contributed by atoms with van der Waals surface area (Å²) in [5.41, 5.74) is -0.106. The van der Waals surface area contributed by atoms with E-state index in [0.29, 0.717) is 16.6 Å². The molecule has 0 bridgehead atoms. The first kappa shape index (κ1) is 28.3. The second-order valence-corrected chi connectivity index (χ2v) is 16.2. The quantitative estimate of drug-likeness (QED) is 0.360. The number of furan rings is 1. The number of carbonyl (C=O) groups is 3. The maximum atomic E-state index is 14.8. The average molecular weight is 594 g/mol. The van der Waals surface area contributed by atoms with Crippen molar-refractivity contribution >= 4 is 62.1 Å². The molecule has 0 unspecified atom stereocenters. The number of hydrogen-bond donors (Lipinski definition) is 2. The van der Waals surface area contributed by atoms with Gasteiger partial charge in [0.2, 0.25) is 5.91 Å². The lowest BCUT2D eigenvalue weighted by molar-refractivity contribution is -0.120. The molecule has 0 radical (unpaired) electrons. The lowest BCUT2D eigenvalue weighted by Crippen LogP contribution is -2.52. The number of ether oxygens (including phenoxy) is 1. The summed E-state index contributed by atoms with van der Waals surface area (Å²) in [5, 5.41) is 10.7. The normalized spacial score (nSPS) is 17.8. The Morgan fingerprint density at radius 2 is 1.90 bits per heavy atom. The van der Waals surface area contributed by atoms with Gasteiger partial charge in [-0.1, -0.05) is 0 Å². The molecule has 40 heavy (non-hydrogen) atoms. The molecule has 1 aliphatic heterocycles. The van der Waals surface area contributed by atoms with Gasteiger partial charge in [-0.3, -0.25) is 4.79 Å². The number of halogens is 2. The fourth-order valence-electron chi connectivity index (χ4n) is 5.52. The molecule has 2 N–H and O–H groups in total. The number of rotatable bonds is 5. The maximum absolute atomic E-state index is 14.8. The first-order chi connectivity index (χ1) is 18.7. The van der Waals surface area contributed by atoms with Gasteiger partial charge in [-0.15, -0.1) is 4.68 Å². The Morgan fingerprint density at radius 1 is 1.20 bits per heavy atom. The molecule has 1 aliphatic carbocycles. The molecule has 1 fully saturated rings. The number of aromatic nitrogens is 2. The minimum absolute atomic E-state index is 0.00899. The molecule has 5 rings (SSSR count). The van der Waals surface area contributed by atoms with Crippen LogP contribution in [0, 0.1) is 5.82 Å². The van der Waals surface area contributed by atoms with Gasteiger partial charge in [0, 0.05) is 17.0 Å². The number of hydrogen-bond acceptors (Lipinski definition) is 6.